The van der Waals surface area contributed by atoms with Crippen LogP contribution in [0, 0.1) is 19.8 Å². The van der Waals surface area contributed by atoms with E-state index in [4.69, 9.17) is 30.9 Å². The summed E-state index contributed by atoms with van der Waals surface area (Å²) < 4.78 is 21.3. The van der Waals surface area contributed by atoms with Gasteiger partial charge in [-0.1, -0.05) is 74.0 Å². The smallest absolute Gasteiger partial charge is 0.260 e. The fraction of sp³-hybridized carbons (Fsp3) is 0.439. The van der Waals surface area contributed by atoms with Crippen molar-refractivity contribution in [2.75, 3.05) is 33.4 Å². The zero-order valence-corrected chi connectivity index (χ0v) is 44.0. The van der Waals surface area contributed by atoms with E-state index in [1.165, 1.54) is 4.90 Å². The maximum atomic E-state index is 13.5. The number of imide groups is 1. The molecule has 4 amide bonds. The number of aldehydes is 1. The molecule has 1 N–H and O–H groups in total. The molecule has 72 heavy (non-hydrogen) atoms. The van der Waals surface area contributed by atoms with Crippen LogP contribution in [0.2, 0.25) is 5.02 Å². The SMILES string of the molecule is CC.COC(C)(C)C.Cc1nn(C)c(C)c1-c1c(Cl)ccc2c(CCCOc3cccc4ccccc34)c(C=O)n(CCC3CCN(C(=O)COc4cccc5c4CN(C4CCC(=O)NC4=O)C5=O)CC3)c12. The van der Waals surface area contributed by atoms with Crippen molar-refractivity contribution < 1.29 is 38.2 Å². The number of likely N-dealkylation sites (tertiary alicyclic amines) is 1. The van der Waals surface area contributed by atoms with E-state index in [-0.39, 0.29) is 49.3 Å². The van der Waals surface area contributed by atoms with Gasteiger partial charge >= 0.3 is 0 Å². The Labute approximate surface area is 427 Å². The summed E-state index contributed by atoms with van der Waals surface area (Å²) in [7, 11) is 3.63. The molecule has 4 aromatic carbocycles. The van der Waals surface area contributed by atoms with E-state index in [9.17, 15) is 24.0 Å². The van der Waals surface area contributed by atoms with Gasteiger partial charge in [-0.2, -0.15) is 5.10 Å². The lowest BCUT2D eigenvalue weighted by Gasteiger charge is -2.32. The molecule has 6 aromatic rings. The number of aromatic nitrogens is 3. The lowest BCUT2D eigenvalue weighted by Crippen LogP contribution is -2.52. The summed E-state index contributed by atoms with van der Waals surface area (Å²) >= 11 is 7.10. The van der Waals surface area contributed by atoms with Gasteiger partial charge in [-0.05, 0) is 114 Å². The van der Waals surface area contributed by atoms with E-state index in [1.807, 2.05) is 101 Å². The summed E-state index contributed by atoms with van der Waals surface area (Å²) in [6.45, 7) is 16.3. The zero-order chi connectivity index (χ0) is 51.9. The van der Waals surface area contributed by atoms with Crippen molar-refractivity contribution in [3.8, 4) is 22.6 Å². The van der Waals surface area contributed by atoms with E-state index in [0.29, 0.717) is 72.6 Å². The molecule has 382 valence electrons. The predicted molar refractivity (Wildman–Crippen MR) is 282 cm³/mol. The first-order valence-corrected chi connectivity index (χ1v) is 25.6. The molecule has 2 fully saturated rings. The van der Waals surface area contributed by atoms with Gasteiger partial charge in [-0.25, -0.2) is 0 Å². The molecule has 1 unspecified atom stereocenters. The van der Waals surface area contributed by atoms with Gasteiger partial charge in [0, 0.05) is 78.9 Å². The van der Waals surface area contributed by atoms with Crippen LogP contribution in [0.3, 0.4) is 0 Å². The van der Waals surface area contributed by atoms with Crippen molar-refractivity contribution in [3.63, 3.8) is 0 Å². The van der Waals surface area contributed by atoms with Crippen molar-refractivity contribution in [2.24, 2.45) is 13.0 Å². The number of methoxy groups -OCH3 is 1. The fourth-order valence-electron chi connectivity index (χ4n) is 9.97. The number of nitrogens with one attached hydrogen (secondary N) is 1. The third-order valence-electron chi connectivity index (χ3n) is 14.0. The number of nitrogens with zero attached hydrogens (tertiary/aromatic N) is 5. The summed E-state index contributed by atoms with van der Waals surface area (Å²) in [5.41, 5.74) is 7.33. The van der Waals surface area contributed by atoms with Crippen LogP contribution in [0.15, 0.2) is 72.8 Å². The third kappa shape index (κ3) is 11.6. The average molecular weight is 1000 g/mol. The number of carbonyl (C=O) groups excluding carboxylic acids is 5. The lowest BCUT2D eigenvalue weighted by atomic mass is 9.93. The molecule has 9 rings (SSSR count). The maximum absolute atomic E-state index is 13.5. The highest BCUT2D eigenvalue weighted by Gasteiger charge is 2.40. The molecule has 0 saturated carbocycles. The highest BCUT2D eigenvalue weighted by atomic mass is 35.5. The Morgan fingerprint density at radius 1 is 0.889 bits per heavy atom. The molecule has 2 saturated heterocycles. The van der Waals surface area contributed by atoms with Gasteiger partial charge < -0.3 is 28.6 Å². The Balaban J connectivity index is 0.000000886. The lowest BCUT2D eigenvalue weighted by molar-refractivity contribution is -0.137. The number of carbonyl (C=O) groups is 5. The highest BCUT2D eigenvalue weighted by Crippen LogP contribution is 2.42. The second-order valence-corrected chi connectivity index (χ2v) is 19.9. The van der Waals surface area contributed by atoms with Crippen LogP contribution in [-0.4, -0.2) is 99.1 Å². The standard InChI is InChI=1S/C50H51ClN6O7.C5H12O.C2H6/c1-30-46(31(2)54(3)53-30)47-39(51)17-16-36-35(13-8-26-63-42-14-6-10-33-9-4-5-11-34(33)42)41(28-58)56(48(36)47)25-22-32-20-23-55(24-21-32)45(60)29-64-43-15-7-12-37-38(43)27-57(50(37)62)40-18-19-44(59)52-49(40)61;1-5(2,3)6-4;1-2/h4-7,9-12,14-17,28,32,40H,8,13,18-27,29H2,1-3H3,(H,52,59,61);1-4H3;1-2H3. The average Bonchev–Trinajstić information content (AvgIpc) is 3.97. The molecule has 1 atom stereocenters. The minimum absolute atomic E-state index is 0.0417. The summed E-state index contributed by atoms with van der Waals surface area (Å²) in [6.07, 6.45) is 5.14. The number of rotatable bonds is 14. The molecule has 0 spiro atoms. The minimum Gasteiger partial charge on any atom is -0.493 e. The van der Waals surface area contributed by atoms with Crippen LogP contribution < -0.4 is 14.8 Å². The normalized spacial score (nSPS) is 16.0. The first-order valence-electron chi connectivity index (χ1n) is 25.2. The Kier molecular flexibility index (Phi) is 17.3. The second kappa shape index (κ2) is 23.4. The van der Waals surface area contributed by atoms with Crippen molar-refractivity contribution >= 4 is 63.2 Å². The molecule has 3 aliphatic heterocycles. The van der Waals surface area contributed by atoms with Crippen molar-refractivity contribution in [3.05, 3.63) is 112 Å². The molecule has 3 aliphatic rings. The number of amides is 4. The van der Waals surface area contributed by atoms with Crippen LogP contribution in [0.5, 0.6) is 11.5 Å². The molecule has 5 heterocycles. The predicted octanol–water partition coefficient (Wildman–Crippen LogP) is 10.2. The largest absolute Gasteiger partial charge is 0.493 e. The van der Waals surface area contributed by atoms with Gasteiger partial charge in [0.15, 0.2) is 12.9 Å². The Bertz CT molecular complexity index is 2960. The molecule has 0 aliphatic carbocycles. The van der Waals surface area contributed by atoms with Gasteiger partial charge in [0.1, 0.15) is 17.5 Å². The Morgan fingerprint density at radius 2 is 1.58 bits per heavy atom. The molecular weight excluding hydrogens is 932 g/mol. The number of hydrogen-bond acceptors (Lipinski definition) is 9. The van der Waals surface area contributed by atoms with Crippen LogP contribution in [0.4, 0.5) is 0 Å². The van der Waals surface area contributed by atoms with E-state index < -0.39 is 11.9 Å². The van der Waals surface area contributed by atoms with E-state index in [0.717, 1.165) is 81.1 Å². The number of piperidine rings is 2. The number of aryl methyl sites for hydroxylation is 4. The van der Waals surface area contributed by atoms with E-state index in [2.05, 4.69) is 28.1 Å². The summed E-state index contributed by atoms with van der Waals surface area (Å²) in [5.74, 6) is 0.323. The molecule has 14 nitrogen and oxygen atoms in total. The van der Waals surface area contributed by atoms with Gasteiger partial charge in [0.05, 0.1) is 40.7 Å². The molecule has 15 heteroatoms. The second-order valence-electron chi connectivity index (χ2n) is 19.5. The number of fused-ring (bicyclic) bond motifs is 3. The minimum atomic E-state index is -0.738. The van der Waals surface area contributed by atoms with E-state index in [1.54, 1.807) is 25.3 Å². The van der Waals surface area contributed by atoms with Gasteiger partial charge in [-0.15, -0.1) is 0 Å². The third-order valence-corrected chi connectivity index (χ3v) is 14.3. The van der Waals surface area contributed by atoms with Crippen molar-refractivity contribution in [1.29, 1.82) is 0 Å². The van der Waals surface area contributed by atoms with Crippen LogP contribution in [-0.2, 0) is 45.7 Å². The van der Waals surface area contributed by atoms with Gasteiger partial charge in [-0.3, -0.25) is 34.0 Å². The number of halogens is 1. The first-order chi connectivity index (χ1) is 34.6. The van der Waals surface area contributed by atoms with Gasteiger partial charge in [0.25, 0.3) is 11.8 Å². The quantitative estimate of drug-likeness (QED) is 0.0638. The molecule has 0 bridgehead atoms. The zero-order valence-electron chi connectivity index (χ0n) is 43.2. The summed E-state index contributed by atoms with van der Waals surface area (Å²) in [5, 5.41) is 10.8. The van der Waals surface area contributed by atoms with Crippen molar-refractivity contribution in [1.82, 2.24) is 29.5 Å². The van der Waals surface area contributed by atoms with Crippen LogP contribution in [0.25, 0.3) is 32.8 Å². The highest BCUT2D eigenvalue weighted by molar-refractivity contribution is 6.35. The van der Waals surface area contributed by atoms with Crippen molar-refractivity contribution in [2.45, 2.75) is 118 Å². The number of hydrogen-bond donors (Lipinski definition) is 1. The topological polar surface area (TPSA) is 154 Å². The summed E-state index contributed by atoms with van der Waals surface area (Å²) in [6, 6.07) is 22.6. The molecule has 2 aromatic heterocycles. The van der Waals surface area contributed by atoms with E-state index >= 15 is 0 Å². The summed E-state index contributed by atoms with van der Waals surface area (Å²) in [4.78, 5) is 67.6. The number of ether oxygens (including phenoxy) is 3. The maximum Gasteiger partial charge on any atom is 0.260 e. The Hall–Kier alpha value is -6.51. The monoisotopic (exact) mass is 1000 g/mol. The van der Waals surface area contributed by atoms with Crippen LogP contribution >= 0.6 is 11.6 Å². The molecular formula is C57H69ClN6O8. The number of benzene rings is 4. The first kappa shape index (κ1) is 53.3. The van der Waals surface area contributed by atoms with Crippen LogP contribution in [0.1, 0.15) is 117 Å². The fourth-order valence-corrected chi connectivity index (χ4v) is 10.2. The molecule has 0 radical (unpaired) electrons. The van der Waals surface area contributed by atoms with Gasteiger partial charge in [0.2, 0.25) is 11.8 Å². The Morgan fingerprint density at radius 3 is 2.26 bits per heavy atom.